The van der Waals surface area contributed by atoms with E-state index in [1.165, 1.54) is 193 Å². The highest BCUT2D eigenvalue weighted by atomic mass is 32.1. The third-order valence-electron chi connectivity index (χ3n) is 16.0. The number of rotatable bonds is 32. The molecule has 7 aromatic carbocycles. The fourth-order valence-corrected chi connectivity index (χ4v) is 14.6. The van der Waals surface area contributed by atoms with Crippen LogP contribution in [0.2, 0.25) is 0 Å². The number of nitrogens with zero attached hydrogens (tertiary/aromatic N) is 4. The topological polar surface area (TPSA) is 32.3 Å². The Balaban J connectivity index is 0.940. The van der Waals surface area contributed by atoms with E-state index in [0.717, 1.165) is 58.0 Å². The number of hydrogen-bond acceptors (Lipinski definition) is 7. The SMILES string of the molecule is CCCCCCCCCCCCc1cc(-c2ccc(-c3cc(CCCCCCCCCCCC)c(-c4ccc(N(c5ccccc5)c5ccccc5)cc4)s3)c3nsnc23)sc1-c1ccc(N(c2ccccc2)c2ccccc2)cc1. The predicted molar refractivity (Wildman–Crippen MR) is 355 cm³/mol. The van der Waals surface area contributed by atoms with Crippen molar-refractivity contribution >= 4 is 79.6 Å². The average molecular weight is 1120 g/mol. The van der Waals surface area contributed by atoms with Gasteiger partial charge in [-0.2, -0.15) is 8.75 Å². The molecule has 7 heteroatoms. The monoisotopic (exact) mass is 1120 g/mol. The molecule has 3 heterocycles. The lowest BCUT2D eigenvalue weighted by Crippen LogP contribution is -2.09. The van der Waals surface area contributed by atoms with E-state index in [4.69, 9.17) is 8.75 Å². The minimum Gasteiger partial charge on any atom is -0.311 e. The fourth-order valence-electron chi connectivity index (χ4n) is 11.6. The van der Waals surface area contributed by atoms with Gasteiger partial charge in [0.25, 0.3) is 0 Å². The van der Waals surface area contributed by atoms with Gasteiger partial charge in [-0.15, -0.1) is 22.7 Å². The van der Waals surface area contributed by atoms with Crippen LogP contribution in [-0.2, 0) is 12.8 Å². The lowest BCUT2D eigenvalue weighted by Gasteiger charge is -2.25. The van der Waals surface area contributed by atoms with E-state index in [0.29, 0.717) is 0 Å². The molecular weight excluding hydrogens is 1040 g/mol. The van der Waals surface area contributed by atoms with Crippen LogP contribution in [0.3, 0.4) is 0 Å². The van der Waals surface area contributed by atoms with Crippen molar-refractivity contribution in [3.05, 3.63) is 205 Å². The number of aryl methyl sites for hydroxylation is 2. The van der Waals surface area contributed by atoms with E-state index in [2.05, 4.69) is 218 Å². The summed E-state index contributed by atoms with van der Waals surface area (Å²) in [7, 11) is 0. The minimum atomic E-state index is 1.00. The van der Waals surface area contributed by atoms with Gasteiger partial charge in [-0.1, -0.05) is 239 Å². The van der Waals surface area contributed by atoms with Gasteiger partial charge < -0.3 is 9.80 Å². The Labute approximate surface area is 496 Å². The van der Waals surface area contributed by atoms with Crippen LogP contribution >= 0.6 is 34.4 Å². The van der Waals surface area contributed by atoms with Crippen LogP contribution < -0.4 is 9.80 Å². The zero-order valence-corrected chi connectivity index (χ0v) is 50.5. The smallest absolute Gasteiger partial charge is 0.114 e. The third-order valence-corrected chi connectivity index (χ3v) is 19.0. The molecule has 0 radical (unpaired) electrons. The molecule has 0 saturated heterocycles. The number of hydrogen-bond donors (Lipinski definition) is 0. The summed E-state index contributed by atoms with van der Waals surface area (Å²) in [6.07, 6.45) is 28.8. The van der Waals surface area contributed by atoms with Crippen molar-refractivity contribution in [1.29, 1.82) is 0 Å². The van der Waals surface area contributed by atoms with Crippen molar-refractivity contribution < 1.29 is 0 Å². The first-order valence-corrected chi connectivity index (χ1v) is 33.1. The Hall–Kier alpha value is -6.64. The molecule has 0 amide bonds. The van der Waals surface area contributed by atoms with E-state index in [-0.39, 0.29) is 0 Å². The van der Waals surface area contributed by atoms with Crippen LogP contribution in [0.25, 0.3) is 52.8 Å². The normalized spacial score (nSPS) is 11.4. The van der Waals surface area contributed by atoms with Gasteiger partial charge in [0.1, 0.15) is 11.0 Å². The van der Waals surface area contributed by atoms with E-state index in [1.54, 1.807) is 0 Å². The van der Waals surface area contributed by atoms with Gasteiger partial charge in [0.2, 0.25) is 0 Å². The number of para-hydroxylation sites is 4. The van der Waals surface area contributed by atoms with E-state index < -0.39 is 0 Å². The molecular formula is C74H82N4S3. The first kappa shape index (κ1) is 57.6. The van der Waals surface area contributed by atoms with Gasteiger partial charge in [0, 0.05) is 64.8 Å². The maximum atomic E-state index is 5.11. The average Bonchev–Trinajstić information content (AvgIpc) is 4.41. The second-order valence-corrected chi connectivity index (χ2v) is 24.7. The van der Waals surface area contributed by atoms with Gasteiger partial charge in [0.15, 0.2) is 0 Å². The summed E-state index contributed by atoms with van der Waals surface area (Å²) < 4.78 is 10.2. The Morgan fingerprint density at radius 1 is 0.309 bits per heavy atom. The number of thiophene rings is 2. The summed E-state index contributed by atoms with van der Waals surface area (Å²) in [5.41, 5.74) is 16.7. The maximum Gasteiger partial charge on any atom is 0.114 e. The standard InChI is InChI=1S/C74H82N4S3/c1-3-5-7-9-11-13-15-17-19-25-35-59-55-69(79-73(59)57-45-49-65(50-46-57)77(61-37-27-21-28-38-61)62-39-29-22-30-40-62)67-53-54-68(72-71(67)75-81-76-72)70-56-60(36-26-20-18-16-14-12-10-8-6-4-2)74(80-70)58-47-51-66(52-48-58)78(63-41-31-23-32-42-63)64-43-33-24-34-44-64/h21-24,27-34,37-56H,3-20,25-26,35-36H2,1-2H3. The first-order chi connectivity index (χ1) is 40.2. The van der Waals surface area contributed by atoms with Crippen molar-refractivity contribution in [2.75, 3.05) is 9.80 Å². The van der Waals surface area contributed by atoms with Gasteiger partial charge in [-0.05, 0) is 133 Å². The Bertz CT molecular complexity index is 3090. The number of anilines is 6. The Kier molecular flexibility index (Phi) is 21.6. The molecule has 0 spiro atoms. The van der Waals surface area contributed by atoms with Crippen LogP contribution in [0.1, 0.15) is 153 Å². The lowest BCUT2D eigenvalue weighted by atomic mass is 9.99. The lowest BCUT2D eigenvalue weighted by molar-refractivity contribution is 0.556. The number of fused-ring (bicyclic) bond motifs is 1. The highest BCUT2D eigenvalue weighted by molar-refractivity contribution is 7.19. The summed E-state index contributed by atoms with van der Waals surface area (Å²) in [5, 5.41) is 0. The molecule has 10 aromatic rings. The molecule has 0 saturated carbocycles. The molecule has 416 valence electrons. The summed E-state index contributed by atoms with van der Waals surface area (Å²) in [5.74, 6) is 0. The van der Waals surface area contributed by atoms with Crippen molar-refractivity contribution in [2.24, 2.45) is 0 Å². The maximum absolute atomic E-state index is 5.11. The second kappa shape index (κ2) is 30.4. The van der Waals surface area contributed by atoms with E-state index in [9.17, 15) is 0 Å². The number of benzene rings is 7. The van der Waals surface area contributed by atoms with Gasteiger partial charge >= 0.3 is 0 Å². The minimum absolute atomic E-state index is 1.00. The quantitative estimate of drug-likeness (QED) is 0.0393. The van der Waals surface area contributed by atoms with E-state index >= 15 is 0 Å². The predicted octanol–water partition coefficient (Wildman–Crippen LogP) is 24.3. The largest absolute Gasteiger partial charge is 0.311 e. The van der Waals surface area contributed by atoms with Gasteiger partial charge in [0.05, 0.1) is 11.7 Å². The number of aromatic nitrogens is 2. The molecule has 4 nitrogen and oxygen atoms in total. The summed E-state index contributed by atoms with van der Waals surface area (Å²) in [6, 6.07) is 71.1. The zero-order chi connectivity index (χ0) is 55.3. The molecule has 0 bridgehead atoms. The first-order valence-electron chi connectivity index (χ1n) is 30.7. The molecule has 0 aliphatic heterocycles. The van der Waals surface area contributed by atoms with Crippen molar-refractivity contribution in [3.8, 4) is 41.8 Å². The van der Waals surface area contributed by atoms with Crippen molar-refractivity contribution in [1.82, 2.24) is 8.75 Å². The van der Waals surface area contributed by atoms with Crippen LogP contribution in [0.5, 0.6) is 0 Å². The van der Waals surface area contributed by atoms with Crippen molar-refractivity contribution in [3.63, 3.8) is 0 Å². The molecule has 3 aromatic heterocycles. The number of unbranched alkanes of at least 4 members (excludes halogenated alkanes) is 18. The fraction of sp³-hybridized carbons (Fsp3) is 0.324. The highest BCUT2D eigenvalue weighted by Crippen LogP contribution is 2.47. The molecule has 0 aliphatic rings. The van der Waals surface area contributed by atoms with Gasteiger partial charge in [-0.25, -0.2) is 0 Å². The van der Waals surface area contributed by atoms with E-state index in [1.807, 2.05) is 22.7 Å². The molecule has 0 N–H and O–H groups in total. The molecule has 0 fully saturated rings. The summed E-state index contributed by atoms with van der Waals surface area (Å²) in [6.45, 7) is 4.61. The molecule has 0 atom stereocenters. The Morgan fingerprint density at radius 3 is 0.901 bits per heavy atom. The highest BCUT2D eigenvalue weighted by Gasteiger charge is 2.22. The van der Waals surface area contributed by atoms with Crippen LogP contribution in [0.4, 0.5) is 34.1 Å². The second-order valence-electron chi connectivity index (χ2n) is 22.0. The summed E-state index contributed by atoms with van der Waals surface area (Å²) in [4.78, 5) is 9.96. The molecule has 0 aliphatic carbocycles. The molecule has 10 rings (SSSR count). The molecule has 81 heavy (non-hydrogen) atoms. The Morgan fingerprint density at radius 2 is 0.593 bits per heavy atom. The van der Waals surface area contributed by atoms with Gasteiger partial charge in [-0.3, -0.25) is 0 Å². The molecule has 0 unspecified atom stereocenters. The third kappa shape index (κ3) is 15.3. The zero-order valence-electron chi connectivity index (χ0n) is 48.0. The van der Waals surface area contributed by atoms with Crippen LogP contribution in [0.15, 0.2) is 194 Å². The van der Waals surface area contributed by atoms with Crippen molar-refractivity contribution in [2.45, 2.75) is 155 Å². The van der Waals surface area contributed by atoms with Crippen LogP contribution in [0, 0.1) is 0 Å². The van der Waals surface area contributed by atoms with Crippen LogP contribution in [-0.4, -0.2) is 8.75 Å². The summed E-state index contributed by atoms with van der Waals surface area (Å²) >= 11 is 5.18.